The quantitative estimate of drug-likeness (QED) is 0.566. The summed E-state index contributed by atoms with van der Waals surface area (Å²) < 4.78 is 0. The first-order valence-corrected chi connectivity index (χ1v) is 9.89. The molecule has 23 heavy (non-hydrogen) atoms. The molecule has 0 saturated carbocycles. The number of hydrogen-bond donors (Lipinski definition) is 2. The number of rotatable bonds is 8. The molecule has 1 aliphatic heterocycles. The first-order valence-electron chi connectivity index (χ1n) is 9.01. The van der Waals surface area contributed by atoms with Gasteiger partial charge in [-0.2, -0.15) is 0 Å². The highest BCUT2D eigenvalue weighted by Gasteiger charge is 2.22. The first-order chi connectivity index (χ1) is 11.2. The van der Waals surface area contributed by atoms with E-state index in [2.05, 4.69) is 53.8 Å². The molecule has 4 nitrogen and oxygen atoms in total. The van der Waals surface area contributed by atoms with Crippen LogP contribution in [-0.4, -0.2) is 49.6 Å². The van der Waals surface area contributed by atoms with Crippen LogP contribution >= 0.6 is 11.3 Å². The Labute approximate surface area is 145 Å². The van der Waals surface area contributed by atoms with E-state index in [4.69, 9.17) is 4.99 Å². The molecule has 2 atom stereocenters. The van der Waals surface area contributed by atoms with Crippen LogP contribution in [0.2, 0.25) is 0 Å². The van der Waals surface area contributed by atoms with Gasteiger partial charge in [0.25, 0.3) is 0 Å². The number of hydrogen-bond acceptors (Lipinski definition) is 3. The smallest absolute Gasteiger partial charge is 0.191 e. The summed E-state index contributed by atoms with van der Waals surface area (Å²) in [6.07, 6.45) is 3.74. The number of aliphatic imine (C=N–C) groups is 1. The molecule has 5 heteroatoms. The summed E-state index contributed by atoms with van der Waals surface area (Å²) in [4.78, 5) is 8.81. The lowest BCUT2D eigenvalue weighted by molar-refractivity contribution is 0.267. The fourth-order valence-electron chi connectivity index (χ4n) is 3.18. The molecule has 1 aliphatic rings. The predicted molar refractivity (Wildman–Crippen MR) is 101 cm³/mol. The lowest BCUT2D eigenvalue weighted by atomic mass is 10.1. The van der Waals surface area contributed by atoms with Crippen molar-refractivity contribution in [1.29, 1.82) is 0 Å². The van der Waals surface area contributed by atoms with Gasteiger partial charge in [-0.1, -0.05) is 19.9 Å². The SMILES string of the molecule is CCNC(=NCC(C)Cc1cccs1)NCC1CCCN1CC. The second-order valence-electron chi connectivity index (χ2n) is 6.41. The summed E-state index contributed by atoms with van der Waals surface area (Å²) in [6, 6.07) is 5.00. The van der Waals surface area contributed by atoms with Gasteiger partial charge in [0, 0.05) is 30.6 Å². The van der Waals surface area contributed by atoms with E-state index in [9.17, 15) is 0 Å². The molecule has 1 aromatic rings. The molecule has 0 spiro atoms. The average Bonchev–Trinajstić information content (AvgIpc) is 3.21. The highest BCUT2D eigenvalue weighted by atomic mass is 32.1. The van der Waals surface area contributed by atoms with E-state index in [0.717, 1.165) is 38.6 Å². The topological polar surface area (TPSA) is 39.7 Å². The average molecular weight is 337 g/mol. The van der Waals surface area contributed by atoms with Gasteiger partial charge in [-0.05, 0) is 56.6 Å². The molecule has 2 heterocycles. The molecule has 2 rings (SSSR count). The van der Waals surface area contributed by atoms with Crippen molar-refractivity contribution in [3.8, 4) is 0 Å². The lowest BCUT2D eigenvalue weighted by Gasteiger charge is -2.24. The van der Waals surface area contributed by atoms with Crippen molar-refractivity contribution < 1.29 is 0 Å². The van der Waals surface area contributed by atoms with Crippen LogP contribution in [0.15, 0.2) is 22.5 Å². The van der Waals surface area contributed by atoms with Gasteiger partial charge in [-0.3, -0.25) is 9.89 Å². The molecule has 0 aliphatic carbocycles. The normalized spacial score (nSPS) is 20.7. The largest absolute Gasteiger partial charge is 0.357 e. The minimum Gasteiger partial charge on any atom is -0.357 e. The Balaban J connectivity index is 1.79. The van der Waals surface area contributed by atoms with Crippen LogP contribution in [0, 0.1) is 5.92 Å². The third-order valence-corrected chi connectivity index (χ3v) is 5.34. The van der Waals surface area contributed by atoms with E-state index in [1.54, 1.807) is 0 Å². The number of nitrogens with zero attached hydrogens (tertiary/aromatic N) is 2. The summed E-state index contributed by atoms with van der Waals surface area (Å²) >= 11 is 1.84. The molecule has 0 amide bonds. The Morgan fingerprint density at radius 1 is 1.43 bits per heavy atom. The zero-order valence-electron chi connectivity index (χ0n) is 14.8. The van der Waals surface area contributed by atoms with Gasteiger partial charge in [-0.15, -0.1) is 11.3 Å². The molecular weight excluding hydrogens is 304 g/mol. The maximum atomic E-state index is 4.79. The minimum atomic E-state index is 0.572. The van der Waals surface area contributed by atoms with Gasteiger partial charge in [0.15, 0.2) is 5.96 Å². The molecule has 0 radical (unpaired) electrons. The molecule has 2 N–H and O–H groups in total. The van der Waals surface area contributed by atoms with Gasteiger partial charge < -0.3 is 10.6 Å². The van der Waals surface area contributed by atoms with Crippen molar-refractivity contribution in [3.63, 3.8) is 0 Å². The van der Waals surface area contributed by atoms with Crippen molar-refractivity contribution in [2.45, 2.75) is 46.1 Å². The monoisotopic (exact) mass is 336 g/mol. The van der Waals surface area contributed by atoms with E-state index in [1.807, 2.05) is 11.3 Å². The van der Waals surface area contributed by atoms with Crippen LogP contribution in [0.1, 0.15) is 38.5 Å². The molecular formula is C18H32N4S. The van der Waals surface area contributed by atoms with E-state index in [1.165, 1.54) is 24.3 Å². The van der Waals surface area contributed by atoms with Gasteiger partial charge in [-0.25, -0.2) is 0 Å². The number of likely N-dealkylation sites (N-methyl/N-ethyl adjacent to an activating group) is 1. The highest BCUT2D eigenvalue weighted by Crippen LogP contribution is 2.16. The highest BCUT2D eigenvalue weighted by molar-refractivity contribution is 7.09. The lowest BCUT2D eigenvalue weighted by Crippen LogP contribution is -2.45. The van der Waals surface area contributed by atoms with Crippen LogP contribution in [0.4, 0.5) is 0 Å². The molecule has 1 saturated heterocycles. The first kappa shape index (κ1) is 18.3. The van der Waals surface area contributed by atoms with Crippen LogP contribution < -0.4 is 10.6 Å². The molecule has 2 unspecified atom stereocenters. The third-order valence-electron chi connectivity index (χ3n) is 4.45. The second-order valence-corrected chi connectivity index (χ2v) is 7.45. The number of likely N-dealkylation sites (tertiary alicyclic amines) is 1. The second kappa shape index (κ2) is 9.93. The molecule has 130 valence electrons. The maximum Gasteiger partial charge on any atom is 0.191 e. The van der Waals surface area contributed by atoms with Crippen molar-refractivity contribution in [1.82, 2.24) is 15.5 Å². The van der Waals surface area contributed by atoms with Gasteiger partial charge >= 0.3 is 0 Å². The van der Waals surface area contributed by atoms with Gasteiger partial charge in [0.1, 0.15) is 0 Å². The summed E-state index contributed by atoms with van der Waals surface area (Å²) in [6.45, 7) is 11.8. The van der Waals surface area contributed by atoms with Gasteiger partial charge in [0.2, 0.25) is 0 Å². The van der Waals surface area contributed by atoms with Crippen molar-refractivity contribution in [2.75, 3.05) is 32.7 Å². The minimum absolute atomic E-state index is 0.572. The fourth-order valence-corrected chi connectivity index (χ4v) is 4.05. The van der Waals surface area contributed by atoms with Crippen LogP contribution in [-0.2, 0) is 6.42 Å². The van der Waals surface area contributed by atoms with E-state index in [0.29, 0.717) is 12.0 Å². The summed E-state index contributed by atoms with van der Waals surface area (Å²) in [5.74, 6) is 1.54. The summed E-state index contributed by atoms with van der Waals surface area (Å²) in [7, 11) is 0. The third kappa shape index (κ3) is 6.15. The van der Waals surface area contributed by atoms with E-state index >= 15 is 0 Å². The summed E-state index contributed by atoms with van der Waals surface area (Å²) in [5, 5.41) is 9.07. The van der Waals surface area contributed by atoms with Crippen LogP contribution in [0.3, 0.4) is 0 Å². The number of nitrogens with one attached hydrogen (secondary N) is 2. The Bertz CT molecular complexity index is 458. The zero-order valence-corrected chi connectivity index (χ0v) is 15.7. The Hall–Kier alpha value is -1.07. The fraction of sp³-hybridized carbons (Fsp3) is 0.722. The Morgan fingerprint density at radius 3 is 3.00 bits per heavy atom. The number of guanidine groups is 1. The van der Waals surface area contributed by atoms with Crippen molar-refractivity contribution in [3.05, 3.63) is 22.4 Å². The van der Waals surface area contributed by atoms with Crippen LogP contribution in [0.5, 0.6) is 0 Å². The zero-order chi connectivity index (χ0) is 16.5. The Kier molecular flexibility index (Phi) is 7.89. The summed E-state index contributed by atoms with van der Waals surface area (Å²) in [5.41, 5.74) is 0. The van der Waals surface area contributed by atoms with Crippen LogP contribution in [0.25, 0.3) is 0 Å². The maximum absolute atomic E-state index is 4.79. The van der Waals surface area contributed by atoms with Gasteiger partial charge in [0.05, 0.1) is 0 Å². The van der Waals surface area contributed by atoms with Crippen molar-refractivity contribution >= 4 is 17.3 Å². The molecule has 0 aromatic carbocycles. The Morgan fingerprint density at radius 2 is 2.30 bits per heavy atom. The standard InChI is InChI=1S/C18H32N4S/c1-4-19-18(21-14-16-8-6-10-22(16)5-2)20-13-15(3)12-17-9-7-11-23-17/h7,9,11,15-16H,4-6,8,10,12-14H2,1-3H3,(H2,19,20,21). The van der Waals surface area contributed by atoms with Crippen molar-refractivity contribution in [2.24, 2.45) is 10.9 Å². The predicted octanol–water partition coefficient (Wildman–Crippen LogP) is 2.97. The molecule has 0 bridgehead atoms. The number of thiophene rings is 1. The van der Waals surface area contributed by atoms with E-state index < -0.39 is 0 Å². The molecule has 1 fully saturated rings. The van der Waals surface area contributed by atoms with E-state index in [-0.39, 0.29) is 0 Å². The molecule has 1 aromatic heterocycles.